The van der Waals surface area contributed by atoms with Crippen LogP contribution in [0.25, 0.3) is 0 Å². The van der Waals surface area contributed by atoms with Crippen molar-refractivity contribution in [3.63, 3.8) is 0 Å². The fraction of sp³-hybridized carbons (Fsp3) is 0.571. The van der Waals surface area contributed by atoms with Crippen LogP contribution >= 0.6 is 11.8 Å². The molecule has 0 unspecified atom stereocenters. The van der Waals surface area contributed by atoms with E-state index < -0.39 is 0 Å². The third-order valence-electron chi connectivity index (χ3n) is 3.24. The lowest BCUT2D eigenvalue weighted by atomic mass is 10.1. The van der Waals surface area contributed by atoms with Crippen molar-refractivity contribution in [2.45, 2.75) is 26.1 Å². The summed E-state index contributed by atoms with van der Waals surface area (Å²) >= 11 is 1.93. The maximum Gasteiger partial charge on any atom is 0.0230 e. The molecule has 0 aliphatic carbocycles. The fourth-order valence-electron chi connectivity index (χ4n) is 2.32. The van der Waals surface area contributed by atoms with E-state index in [2.05, 4.69) is 41.7 Å². The van der Waals surface area contributed by atoms with E-state index in [1.54, 1.807) is 0 Å². The van der Waals surface area contributed by atoms with E-state index in [0.29, 0.717) is 0 Å². The van der Waals surface area contributed by atoms with E-state index in [4.69, 9.17) is 0 Å². The van der Waals surface area contributed by atoms with Crippen LogP contribution in [0.3, 0.4) is 0 Å². The van der Waals surface area contributed by atoms with Gasteiger partial charge in [0.25, 0.3) is 0 Å². The van der Waals surface area contributed by atoms with Gasteiger partial charge in [0.1, 0.15) is 0 Å². The second kappa shape index (κ2) is 6.43. The van der Waals surface area contributed by atoms with E-state index in [0.717, 1.165) is 19.6 Å². The zero-order valence-corrected chi connectivity index (χ0v) is 11.6. The lowest BCUT2D eigenvalue weighted by molar-refractivity contribution is 0.328. The highest BCUT2D eigenvalue weighted by atomic mass is 32.2. The number of rotatable bonds is 6. The highest BCUT2D eigenvalue weighted by Gasteiger charge is 2.10. The van der Waals surface area contributed by atoms with Crippen LogP contribution in [0.4, 0.5) is 0 Å². The van der Waals surface area contributed by atoms with E-state index >= 15 is 0 Å². The molecule has 0 aromatic heterocycles. The third kappa shape index (κ3) is 3.73. The Morgan fingerprint density at radius 1 is 1.29 bits per heavy atom. The summed E-state index contributed by atoms with van der Waals surface area (Å²) in [7, 11) is 2.21. The Labute approximate surface area is 109 Å². The Morgan fingerprint density at radius 2 is 2.12 bits per heavy atom. The van der Waals surface area contributed by atoms with Crippen LogP contribution in [0, 0.1) is 0 Å². The molecule has 1 aliphatic rings. The number of thioether (sulfide) groups is 1. The van der Waals surface area contributed by atoms with Gasteiger partial charge in [-0.2, -0.15) is 11.8 Å². The van der Waals surface area contributed by atoms with Crippen molar-refractivity contribution in [1.82, 2.24) is 10.2 Å². The minimum absolute atomic E-state index is 1.04. The lowest BCUT2D eigenvalue weighted by Gasteiger charge is -2.16. The number of fused-ring (bicyclic) bond motifs is 1. The second-order valence-electron chi connectivity index (χ2n) is 4.79. The van der Waals surface area contributed by atoms with Gasteiger partial charge in [0.2, 0.25) is 0 Å². The Kier molecular flexibility index (Phi) is 4.89. The molecule has 1 heterocycles. The third-order valence-corrected chi connectivity index (χ3v) is 3.94. The first-order valence-corrected chi connectivity index (χ1v) is 7.68. The number of nitrogens with one attached hydrogen (secondary N) is 1. The molecule has 2 rings (SSSR count). The minimum atomic E-state index is 1.04. The first-order chi connectivity index (χ1) is 8.29. The summed E-state index contributed by atoms with van der Waals surface area (Å²) in [4.78, 5) is 2.42. The van der Waals surface area contributed by atoms with E-state index in [1.807, 2.05) is 11.8 Å². The van der Waals surface area contributed by atoms with Crippen molar-refractivity contribution >= 4 is 11.8 Å². The van der Waals surface area contributed by atoms with Crippen molar-refractivity contribution in [2.24, 2.45) is 0 Å². The molecule has 0 saturated carbocycles. The van der Waals surface area contributed by atoms with Crippen LogP contribution in [0.2, 0.25) is 0 Å². The normalized spacial score (nSPS) is 14.3. The summed E-state index contributed by atoms with van der Waals surface area (Å²) in [5, 5.41) is 3.39. The van der Waals surface area contributed by atoms with E-state index in [1.165, 1.54) is 35.4 Å². The maximum absolute atomic E-state index is 3.39. The number of benzene rings is 1. The molecule has 1 aromatic rings. The minimum Gasteiger partial charge on any atom is -0.309 e. The van der Waals surface area contributed by atoms with Crippen molar-refractivity contribution in [3.8, 4) is 0 Å². The summed E-state index contributed by atoms with van der Waals surface area (Å²) in [5.74, 6) is 1.26. The molecule has 0 bridgehead atoms. The molecule has 0 spiro atoms. The van der Waals surface area contributed by atoms with E-state index in [9.17, 15) is 0 Å². The van der Waals surface area contributed by atoms with Crippen LogP contribution < -0.4 is 5.32 Å². The summed E-state index contributed by atoms with van der Waals surface area (Å²) in [6, 6.07) is 6.91. The monoisotopic (exact) mass is 250 g/mol. The molecule has 1 aliphatic heterocycles. The average molecular weight is 250 g/mol. The average Bonchev–Trinajstić information content (AvgIpc) is 2.76. The van der Waals surface area contributed by atoms with E-state index in [-0.39, 0.29) is 0 Å². The highest BCUT2D eigenvalue weighted by Crippen LogP contribution is 2.17. The van der Waals surface area contributed by atoms with Crippen LogP contribution in [0.1, 0.15) is 23.1 Å². The largest absolute Gasteiger partial charge is 0.309 e. The summed E-state index contributed by atoms with van der Waals surface area (Å²) < 4.78 is 0. The molecule has 0 fully saturated rings. The predicted molar refractivity (Wildman–Crippen MR) is 76.3 cm³/mol. The quantitative estimate of drug-likeness (QED) is 0.781. The zero-order valence-electron chi connectivity index (χ0n) is 10.8. The summed E-state index contributed by atoms with van der Waals surface area (Å²) in [5.41, 5.74) is 4.40. The van der Waals surface area contributed by atoms with Crippen LogP contribution in [-0.2, 0) is 19.6 Å². The Morgan fingerprint density at radius 3 is 2.94 bits per heavy atom. The van der Waals surface area contributed by atoms with Crippen LogP contribution in [0.15, 0.2) is 18.2 Å². The number of hydrogen-bond acceptors (Lipinski definition) is 3. The molecule has 0 atom stereocenters. The molecule has 0 saturated heterocycles. The molecule has 94 valence electrons. The molecule has 3 heteroatoms. The topological polar surface area (TPSA) is 15.3 Å². The van der Waals surface area contributed by atoms with Gasteiger partial charge in [-0.15, -0.1) is 0 Å². The molecule has 2 nitrogen and oxygen atoms in total. The summed E-state index contributed by atoms with van der Waals surface area (Å²) in [6.45, 7) is 4.34. The number of nitrogens with zero attached hydrogens (tertiary/aromatic N) is 1. The van der Waals surface area contributed by atoms with Gasteiger partial charge in [0.05, 0.1) is 0 Å². The van der Waals surface area contributed by atoms with Gasteiger partial charge in [0.15, 0.2) is 0 Å². The van der Waals surface area contributed by atoms with Crippen molar-refractivity contribution < 1.29 is 0 Å². The van der Waals surface area contributed by atoms with Crippen LogP contribution in [-0.4, -0.2) is 30.5 Å². The Balaban J connectivity index is 1.86. The second-order valence-corrected chi connectivity index (χ2v) is 5.78. The van der Waals surface area contributed by atoms with Gasteiger partial charge in [-0.3, -0.25) is 0 Å². The SMILES string of the molecule is CSCCCN(C)Cc1ccc2c(c1)CNC2. The first kappa shape index (κ1) is 12.9. The summed E-state index contributed by atoms with van der Waals surface area (Å²) in [6.07, 6.45) is 3.46. The highest BCUT2D eigenvalue weighted by molar-refractivity contribution is 7.98. The molecule has 1 N–H and O–H groups in total. The molecular formula is C14H22N2S. The van der Waals surface area contributed by atoms with Gasteiger partial charge >= 0.3 is 0 Å². The van der Waals surface area contributed by atoms with Gasteiger partial charge in [-0.25, -0.2) is 0 Å². The van der Waals surface area contributed by atoms with Gasteiger partial charge < -0.3 is 10.2 Å². The van der Waals surface area contributed by atoms with Crippen molar-refractivity contribution in [2.75, 3.05) is 25.6 Å². The van der Waals surface area contributed by atoms with Crippen LogP contribution in [0.5, 0.6) is 0 Å². The molecule has 1 aromatic carbocycles. The standard InChI is InChI=1S/C14H22N2S/c1-16(6-3-7-17-2)11-12-4-5-13-9-15-10-14(13)8-12/h4-5,8,15H,3,6-7,9-11H2,1-2H3. The van der Waals surface area contributed by atoms with Gasteiger partial charge in [-0.05, 0) is 48.7 Å². The fourth-order valence-corrected chi connectivity index (χ4v) is 2.73. The predicted octanol–water partition coefficient (Wildman–Crippen LogP) is 2.47. The zero-order chi connectivity index (χ0) is 12.1. The molecule has 0 amide bonds. The van der Waals surface area contributed by atoms with Crippen molar-refractivity contribution in [1.29, 1.82) is 0 Å². The van der Waals surface area contributed by atoms with Gasteiger partial charge in [0, 0.05) is 19.6 Å². The molecular weight excluding hydrogens is 228 g/mol. The van der Waals surface area contributed by atoms with Gasteiger partial charge in [-0.1, -0.05) is 18.2 Å². The lowest BCUT2D eigenvalue weighted by Crippen LogP contribution is -2.19. The molecule has 17 heavy (non-hydrogen) atoms. The first-order valence-electron chi connectivity index (χ1n) is 6.28. The van der Waals surface area contributed by atoms with Crippen molar-refractivity contribution in [3.05, 3.63) is 34.9 Å². The maximum atomic E-state index is 3.39. The number of hydrogen-bond donors (Lipinski definition) is 1. The Hall–Kier alpha value is -0.510. The smallest absolute Gasteiger partial charge is 0.0230 e. The Bertz CT molecular complexity index is 365. The molecule has 0 radical (unpaired) electrons.